The number of carbonyl (C=O) groups is 1. The Morgan fingerprint density at radius 1 is 1.09 bits per heavy atom. The Labute approximate surface area is 183 Å². The van der Waals surface area contributed by atoms with Gasteiger partial charge < -0.3 is 9.84 Å². The fraction of sp³-hybridized carbons (Fsp3) is 0.200. The molecule has 32 heavy (non-hydrogen) atoms. The summed E-state index contributed by atoms with van der Waals surface area (Å²) in [6, 6.07) is 15.6. The van der Waals surface area contributed by atoms with Crippen LogP contribution in [-0.4, -0.2) is 26.9 Å². The molecule has 0 spiro atoms. The highest BCUT2D eigenvalue weighted by Gasteiger charge is 2.23. The molecule has 0 saturated carbocycles. The first-order valence-electron chi connectivity index (χ1n) is 10.2. The van der Waals surface area contributed by atoms with Crippen molar-refractivity contribution < 1.29 is 23.4 Å². The Bertz CT molecular complexity index is 1250. The number of ether oxygens (including phenoxy) is 1. The minimum atomic E-state index is -0.464. The molecule has 2 heterocycles. The highest BCUT2D eigenvalue weighted by atomic mass is 19.1. The third-order valence-corrected chi connectivity index (χ3v) is 5.39. The van der Waals surface area contributed by atoms with Gasteiger partial charge in [-0.15, -0.1) is 0 Å². The molecule has 1 N–H and O–H groups in total. The quantitative estimate of drug-likeness (QED) is 0.401. The maximum absolute atomic E-state index is 13.9. The SMILES string of the molecule is Cc1nc2c(OCc3ccccc3F)cccn2c1C(=O)C[C@@H](CO)c1ccc(F)cc1. The van der Waals surface area contributed by atoms with Crippen molar-refractivity contribution in [2.75, 3.05) is 6.61 Å². The lowest BCUT2D eigenvalue weighted by molar-refractivity contribution is 0.0953. The van der Waals surface area contributed by atoms with Gasteiger partial charge in [0.2, 0.25) is 0 Å². The number of rotatable bonds is 8. The van der Waals surface area contributed by atoms with Crippen LogP contribution in [0.1, 0.15) is 39.6 Å². The topological polar surface area (TPSA) is 63.8 Å². The van der Waals surface area contributed by atoms with Gasteiger partial charge in [0.25, 0.3) is 0 Å². The van der Waals surface area contributed by atoms with Crippen LogP contribution in [0.15, 0.2) is 66.9 Å². The van der Waals surface area contributed by atoms with Gasteiger partial charge in [-0.2, -0.15) is 0 Å². The van der Waals surface area contributed by atoms with Crippen molar-refractivity contribution in [3.63, 3.8) is 0 Å². The molecule has 5 nitrogen and oxygen atoms in total. The van der Waals surface area contributed by atoms with E-state index in [1.807, 2.05) is 0 Å². The van der Waals surface area contributed by atoms with Crippen LogP contribution in [0.4, 0.5) is 8.78 Å². The lowest BCUT2D eigenvalue weighted by Crippen LogP contribution is -2.14. The van der Waals surface area contributed by atoms with Gasteiger partial charge in [0.15, 0.2) is 17.2 Å². The van der Waals surface area contributed by atoms with Gasteiger partial charge in [-0.05, 0) is 42.8 Å². The zero-order valence-corrected chi connectivity index (χ0v) is 17.5. The first-order chi connectivity index (χ1) is 15.5. The molecule has 0 fully saturated rings. The van der Waals surface area contributed by atoms with E-state index in [2.05, 4.69) is 4.98 Å². The fourth-order valence-electron chi connectivity index (χ4n) is 3.72. The number of carbonyl (C=O) groups excluding carboxylic acids is 1. The van der Waals surface area contributed by atoms with E-state index in [1.54, 1.807) is 60.0 Å². The van der Waals surface area contributed by atoms with Crippen molar-refractivity contribution in [1.82, 2.24) is 9.38 Å². The third kappa shape index (κ3) is 4.38. The Balaban J connectivity index is 1.59. The number of aryl methyl sites for hydroxylation is 1. The first-order valence-corrected chi connectivity index (χ1v) is 10.2. The van der Waals surface area contributed by atoms with E-state index in [1.165, 1.54) is 18.2 Å². The van der Waals surface area contributed by atoms with Gasteiger partial charge in [-0.1, -0.05) is 30.3 Å². The van der Waals surface area contributed by atoms with E-state index in [0.29, 0.717) is 33.9 Å². The number of hydrogen-bond acceptors (Lipinski definition) is 4. The lowest BCUT2D eigenvalue weighted by Gasteiger charge is -2.14. The number of aromatic nitrogens is 2. The molecule has 1 atom stereocenters. The van der Waals surface area contributed by atoms with Gasteiger partial charge in [0.1, 0.15) is 23.9 Å². The minimum absolute atomic E-state index is 0.0265. The number of pyridine rings is 1. The van der Waals surface area contributed by atoms with Crippen molar-refractivity contribution in [2.45, 2.75) is 25.9 Å². The van der Waals surface area contributed by atoms with Crippen LogP contribution in [0.25, 0.3) is 5.65 Å². The molecule has 0 bridgehead atoms. The molecule has 0 saturated heterocycles. The van der Waals surface area contributed by atoms with Gasteiger partial charge in [0, 0.05) is 24.1 Å². The van der Waals surface area contributed by atoms with E-state index in [4.69, 9.17) is 4.74 Å². The molecule has 4 aromatic rings. The fourth-order valence-corrected chi connectivity index (χ4v) is 3.72. The molecular formula is C25H22F2N2O3. The number of aliphatic hydroxyl groups excluding tert-OH is 1. The highest BCUT2D eigenvalue weighted by Crippen LogP contribution is 2.27. The Hall–Kier alpha value is -3.58. The van der Waals surface area contributed by atoms with E-state index in [-0.39, 0.29) is 37.1 Å². The highest BCUT2D eigenvalue weighted by molar-refractivity contribution is 5.97. The Morgan fingerprint density at radius 2 is 1.84 bits per heavy atom. The summed E-state index contributed by atoms with van der Waals surface area (Å²) < 4.78 is 34.6. The van der Waals surface area contributed by atoms with Crippen LogP contribution >= 0.6 is 0 Å². The molecule has 0 unspecified atom stereocenters. The summed E-state index contributed by atoms with van der Waals surface area (Å²) in [5, 5.41) is 9.80. The Kier molecular flexibility index (Phi) is 6.28. The van der Waals surface area contributed by atoms with Crippen LogP contribution in [0, 0.1) is 18.6 Å². The normalized spacial score (nSPS) is 12.1. The molecule has 0 aliphatic rings. The number of ketones is 1. The summed E-state index contributed by atoms with van der Waals surface area (Å²) in [6.07, 6.45) is 1.75. The van der Waals surface area contributed by atoms with Gasteiger partial charge in [-0.25, -0.2) is 13.8 Å². The summed E-state index contributed by atoms with van der Waals surface area (Å²) in [5.74, 6) is -0.976. The van der Waals surface area contributed by atoms with Gasteiger partial charge >= 0.3 is 0 Å². The van der Waals surface area contributed by atoms with E-state index >= 15 is 0 Å². The number of Topliss-reactive ketones (excluding diaryl/α,β-unsaturated/α-hetero) is 1. The maximum Gasteiger partial charge on any atom is 0.182 e. The van der Waals surface area contributed by atoms with Crippen molar-refractivity contribution in [1.29, 1.82) is 0 Å². The summed E-state index contributed by atoms with van der Waals surface area (Å²) in [4.78, 5) is 17.6. The van der Waals surface area contributed by atoms with Crippen molar-refractivity contribution in [2.24, 2.45) is 0 Å². The predicted octanol–water partition coefficient (Wildman–Crippen LogP) is 4.85. The van der Waals surface area contributed by atoms with Crippen molar-refractivity contribution in [3.05, 3.63) is 101 Å². The smallest absolute Gasteiger partial charge is 0.182 e. The molecule has 7 heteroatoms. The largest absolute Gasteiger partial charge is 0.485 e. The average molecular weight is 436 g/mol. The number of aliphatic hydroxyl groups is 1. The zero-order chi connectivity index (χ0) is 22.7. The van der Waals surface area contributed by atoms with Crippen LogP contribution in [0.3, 0.4) is 0 Å². The van der Waals surface area contributed by atoms with E-state index < -0.39 is 5.92 Å². The number of fused-ring (bicyclic) bond motifs is 1. The molecule has 2 aromatic heterocycles. The van der Waals surface area contributed by atoms with Crippen molar-refractivity contribution >= 4 is 11.4 Å². The molecule has 0 aliphatic heterocycles. The van der Waals surface area contributed by atoms with Crippen LogP contribution in [-0.2, 0) is 6.61 Å². The number of hydrogen-bond donors (Lipinski definition) is 1. The monoisotopic (exact) mass is 436 g/mol. The molecule has 0 aliphatic carbocycles. The maximum atomic E-state index is 13.9. The molecule has 4 rings (SSSR count). The van der Waals surface area contributed by atoms with Crippen molar-refractivity contribution in [3.8, 4) is 5.75 Å². The summed E-state index contributed by atoms with van der Waals surface area (Å²) >= 11 is 0. The number of imidazole rings is 1. The molecule has 0 amide bonds. The first kappa shape index (κ1) is 21.6. The summed E-state index contributed by atoms with van der Waals surface area (Å²) in [7, 11) is 0. The molecule has 0 radical (unpaired) electrons. The standard InChI is InChI=1S/C25H22F2N2O3/c1-16-24(22(31)13-19(14-30)17-8-10-20(26)11-9-17)29-12-4-7-23(25(29)28-16)32-15-18-5-2-3-6-21(18)27/h2-12,19,30H,13-15H2,1H3/t19-/m0/s1. The zero-order valence-electron chi connectivity index (χ0n) is 17.5. The molecule has 2 aromatic carbocycles. The van der Waals surface area contributed by atoms with Gasteiger partial charge in [-0.3, -0.25) is 9.20 Å². The average Bonchev–Trinajstić information content (AvgIpc) is 3.14. The number of halogens is 2. The predicted molar refractivity (Wildman–Crippen MR) is 116 cm³/mol. The van der Waals surface area contributed by atoms with Gasteiger partial charge in [0.05, 0.1) is 12.3 Å². The molecular weight excluding hydrogens is 414 g/mol. The summed E-state index contributed by atoms with van der Waals surface area (Å²) in [5.41, 5.74) is 2.46. The minimum Gasteiger partial charge on any atom is -0.485 e. The second kappa shape index (κ2) is 9.28. The number of benzene rings is 2. The van der Waals surface area contributed by atoms with E-state index in [0.717, 1.165) is 0 Å². The summed E-state index contributed by atoms with van der Waals surface area (Å²) in [6.45, 7) is 1.51. The van der Waals surface area contributed by atoms with Crippen LogP contribution in [0.5, 0.6) is 5.75 Å². The second-order valence-electron chi connectivity index (χ2n) is 7.55. The molecule has 164 valence electrons. The van der Waals surface area contributed by atoms with Crippen LogP contribution in [0.2, 0.25) is 0 Å². The van der Waals surface area contributed by atoms with Crippen LogP contribution < -0.4 is 4.74 Å². The Morgan fingerprint density at radius 3 is 2.56 bits per heavy atom. The van der Waals surface area contributed by atoms with E-state index in [9.17, 15) is 18.7 Å². The number of nitrogens with zero attached hydrogens (tertiary/aromatic N) is 2. The second-order valence-corrected chi connectivity index (χ2v) is 7.55. The lowest BCUT2D eigenvalue weighted by atomic mass is 9.93. The third-order valence-electron chi connectivity index (χ3n) is 5.39.